The molecule has 0 aromatic carbocycles. The van der Waals surface area contributed by atoms with Crippen LogP contribution in [-0.4, -0.2) is 49.1 Å². The van der Waals surface area contributed by atoms with Crippen molar-refractivity contribution in [2.45, 2.75) is 38.6 Å². The van der Waals surface area contributed by atoms with Gasteiger partial charge in [0.25, 0.3) is 0 Å². The van der Waals surface area contributed by atoms with E-state index in [0.29, 0.717) is 19.1 Å². The molecule has 1 heterocycles. The zero-order valence-corrected chi connectivity index (χ0v) is 12.1. The van der Waals surface area contributed by atoms with Gasteiger partial charge < -0.3 is 15.0 Å². The van der Waals surface area contributed by atoms with Crippen LogP contribution in [0.25, 0.3) is 0 Å². The van der Waals surface area contributed by atoms with Crippen molar-refractivity contribution in [3.05, 3.63) is 0 Å². The van der Waals surface area contributed by atoms with E-state index in [1.54, 1.807) is 4.90 Å². The summed E-state index contributed by atoms with van der Waals surface area (Å²) in [5.41, 5.74) is 0. The first-order valence-electron chi connectivity index (χ1n) is 7.78. The third-order valence-corrected chi connectivity index (χ3v) is 5.24. The zero-order valence-electron chi connectivity index (χ0n) is 12.1. The molecule has 5 nitrogen and oxygen atoms in total. The predicted molar refractivity (Wildman–Crippen MR) is 73.9 cm³/mol. The van der Waals surface area contributed by atoms with Crippen LogP contribution in [0.1, 0.15) is 32.6 Å². The minimum absolute atomic E-state index is 0.0319. The van der Waals surface area contributed by atoms with Crippen LogP contribution in [-0.2, 0) is 14.3 Å². The van der Waals surface area contributed by atoms with Crippen LogP contribution >= 0.6 is 0 Å². The van der Waals surface area contributed by atoms with E-state index >= 15 is 0 Å². The summed E-state index contributed by atoms with van der Waals surface area (Å²) >= 11 is 0. The molecule has 2 bridgehead atoms. The molecule has 3 aliphatic rings. The second kappa shape index (κ2) is 5.72. The van der Waals surface area contributed by atoms with Crippen LogP contribution in [0.3, 0.4) is 0 Å². The van der Waals surface area contributed by atoms with Gasteiger partial charge in [0.2, 0.25) is 11.8 Å². The zero-order chi connectivity index (χ0) is 14.1. The molecule has 2 saturated carbocycles. The van der Waals surface area contributed by atoms with Crippen molar-refractivity contribution in [1.29, 1.82) is 0 Å². The summed E-state index contributed by atoms with van der Waals surface area (Å²) in [4.78, 5) is 25.3. The van der Waals surface area contributed by atoms with Gasteiger partial charge in [0.1, 0.15) is 6.61 Å². The monoisotopic (exact) mass is 280 g/mol. The van der Waals surface area contributed by atoms with Gasteiger partial charge in [-0.2, -0.15) is 0 Å². The van der Waals surface area contributed by atoms with Crippen molar-refractivity contribution in [2.75, 3.05) is 26.3 Å². The van der Waals surface area contributed by atoms with Crippen molar-refractivity contribution in [2.24, 2.45) is 17.8 Å². The number of carbonyl (C=O) groups excluding carboxylic acids is 2. The Hall–Kier alpha value is -1.10. The van der Waals surface area contributed by atoms with Crippen LogP contribution in [0.15, 0.2) is 0 Å². The lowest BCUT2D eigenvalue weighted by Crippen LogP contribution is -2.49. The fourth-order valence-corrected chi connectivity index (χ4v) is 4.20. The van der Waals surface area contributed by atoms with Gasteiger partial charge in [-0.25, -0.2) is 0 Å². The maximum Gasteiger partial charge on any atom is 0.249 e. The van der Waals surface area contributed by atoms with E-state index in [9.17, 15) is 9.59 Å². The number of morpholine rings is 1. The summed E-state index contributed by atoms with van der Waals surface area (Å²) < 4.78 is 5.07. The van der Waals surface area contributed by atoms with Gasteiger partial charge in [-0.15, -0.1) is 0 Å². The Balaban J connectivity index is 1.47. The maximum absolute atomic E-state index is 12.1. The highest BCUT2D eigenvalue weighted by atomic mass is 16.5. The third-order valence-electron chi connectivity index (χ3n) is 5.24. The summed E-state index contributed by atoms with van der Waals surface area (Å²) in [7, 11) is 0. The molecule has 0 aromatic rings. The number of carbonyl (C=O) groups is 2. The van der Waals surface area contributed by atoms with Gasteiger partial charge in [0.15, 0.2) is 0 Å². The molecule has 5 heteroatoms. The van der Waals surface area contributed by atoms with Crippen molar-refractivity contribution in [1.82, 2.24) is 10.2 Å². The molecule has 1 saturated heterocycles. The number of nitrogens with one attached hydrogen (secondary N) is 1. The highest BCUT2D eigenvalue weighted by Gasteiger charge is 2.42. The van der Waals surface area contributed by atoms with Crippen LogP contribution < -0.4 is 5.32 Å². The normalized spacial score (nSPS) is 34.4. The average molecular weight is 280 g/mol. The molecule has 0 spiro atoms. The highest BCUT2D eigenvalue weighted by molar-refractivity contribution is 5.85. The maximum atomic E-state index is 12.1. The van der Waals surface area contributed by atoms with E-state index in [-0.39, 0.29) is 31.0 Å². The van der Waals surface area contributed by atoms with Crippen LogP contribution in [0, 0.1) is 17.8 Å². The number of hydrogen-bond acceptors (Lipinski definition) is 3. The quantitative estimate of drug-likeness (QED) is 0.828. The number of nitrogens with zero attached hydrogens (tertiary/aromatic N) is 1. The second-order valence-corrected chi connectivity index (χ2v) is 6.56. The van der Waals surface area contributed by atoms with Crippen LogP contribution in [0.2, 0.25) is 0 Å². The lowest BCUT2D eigenvalue weighted by Gasteiger charge is -2.30. The molecule has 0 aromatic heterocycles. The molecule has 2 amide bonds. The Bertz CT molecular complexity index is 399. The fourth-order valence-electron chi connectivity index (χ4n) is 4.20. The van der Waals surface area contributed by atoms with Gasteiger partial charge in [0, 0.05) is 12.6 Å². The molecular formula is C15H24N2O3. The Morgan fingerprint density at radius 2 is 2.30 bits per heavy atom. The Morgan fingerprint density at radius 3 is 2.95 bits per heavy atom. The van der Waals surface area contributed by atoms with Gasteiger partial charge in [0.05, 0.1) is 13.2 Å². The molecule has 1 N–H and O–H groups in total. The largest absolute Gasteiger partial charge is 0.370 e. The summed E-state index contributed by atoms with van der Waals surface area (Å²) in [5.74, 6) is 2.22. The van der Waals surface area contributed by atoms with E-state index < -0.39 is 0 Å². The van der Waals surface area contributed by atoms with Crippen molar-refractivity contribution >= 4 is 11.8 Å². The van der Waals surface area contributed by atoms with Crippen LogP contribution in [0.4, 0.5) is 0 Å². The van der Waals surface area contributed by atoms with Gasteiger partial charge in [-0.3, -0.25) is 9.59 Å². The molecular weight excluding hydrogens is 256 g/mol. The van der Waals surface area contributed by atoms with E-state index in [0.717, 1.165) is 11.8 Å². The Morgan fingerprint density at radius 1 is 1.45 bits per heavy atom. The number of fused-ring (bicyclic) bond motifs is 2. The molecule has 4 atom stereocenters. The SMILES string of the molecule is C[C@H](NC(=O)CN1CCOCC1=O)[C@@H]1C[C@H]2CC[C@H]1C2. The topological polar surface area (TPSA) is 58.6 Å². The molecule has 1 aliphatic heterocycles. The van der Waals surface area contributed by atoms with Gasteiger partial charge in [-0.05, 0) is 43.9 Å². The molecule has 3 rings (SSSR count). The predicted octanol–water partition coefficient (Wildman–Crippen LogP) is 0.786. The first-order valence-corrected chi connectivity index (χ1v) is 7.78. The Kier molecular flexibility index (Phi) is 3.96. The summed E-state index contributed by atoms with van der Waals surface area (Å²) in [5, 5.41) is 3.10. The molecule has 0 radical (unpaired) electrons. The van der Waals surface area contributed by atoms with Crippen molar-refractivity contribution in [3.8, 4) is 0 Å². The number of ether oxygens (including phenoxy) is 1. The summed E-state index contributed by atoms with van der Waals surface area (Å²) in [6, 6.07) is 0.231. The van der Waals surface area contributed by atoms with Crippen molar-refractivity contribution < 1.29 is 14.3 Å². The van der Waals surface area contributed by atoms with Gasteiger partial charge in [-0.1, -0.05) is 6.42 Å². The third kappa shape index (κ3) is 2.82. The van der Waals surface area contributed by atoms with Gasteiger partial charge >= 0.3 is 0 Å². The average Bonchev–Trinajstić information content (AvgIpc) is 3.03. The minimum Gasteiger partial charge on any atom is -0.370 e. The summed E-state index contributed by atoms with van der Waals surface area (Å²) in [6.07, 6.45) is 5.33. The van der Waals surface area contributed by atoms with E-state index in [1.807, 2.05) is 0 Å². The number of amides is 2. The van der Waals surface area contributed by atoms with Crippen LogP contribution in [0.5, 0.6) is 0 Å². The smallest absolute Gasteiger partial charge is 0.249 e. The molecule has 3 fully saturated rings. The molecule has 2 aliphatic carbocycles. The number of hydrogen-bond donors (Lipinski definition) is 1. The molecule has 20 heavy (non-hydrogen) atoms. The fraction of sp³-hybridized carbons (Fsp3) is 0.867. The van der Waals surface area contributed by atoms with E-state index in [1.165, 1.54) is 25.7 Å². The lowest BCUT2D eigenvalue weighted by molar-refractivity contribution is -0.146. The van der Waals surface area contributed by atoms with Crippen molar-refractivity contribution in [3.63, 3.8) is 0 Å². The second-order valence-electron chi connectivity index (χ2n) is 6.56. The first-order chi connectivity index (χ1) is 9.63. The lowest BCUT2D eigenvalue weighted by atomic mass is 9.84. The Labute approximate surface area is 120 Å². The molecule has 0 unspecified atom stereocenters. The molecule has 112 valence electrons. The van der Waals surface area contributed by atoms with E-state index in [2.05, 4.69) is 12.2 Å². The first kappa shape index (κ1) is 13.9. The summed E-state index contributed by atoms with van der Waals surface area (Å²) in [6.45, 7) is 3.45. The highest BCUT2D eigenvalue weighted by Crippen LogP contribution is 2.49. The number of rotatable bonds is 4. The minimum atomic E-state index is -0.0843. The van der Waals surface area contributed by atoms with E-state index in [4.69, 9.17) is 4.74 Å². The standard InChI is InChI=1S/C15H24N2O3/c1-10(13-7-11-2-3-12(13)6-11)16-14(18)8-17-4-5-20-9-15(17)19/h10-13H,2-9H2,1H3,(H,16,18)/t10-,11-,12-,13-/m0/s1.